The highest BCUT2D eigenvalue weighted by molar-refractivity contribution is 5.78. The second-order valence-electron chi connectivity index (χ2n) is 5.28. The number of imidazole rings is 1. The van der Waals surface area contributed by atoms with Gasteiger partial charge in [-0.3, -0.25) is 4.79 Å². The summed E-state index contributed by atoms with van der Waals surface area (Å²) in [6.45, 7) is 0.571. The van der Waals surface area contributed by atoms with Crippen LogP contribution in [-0.2, 0) is 11.3 Å². The van der Waals surface area contributed by atoms with Crippen LogP contribution in [0.3, 0.4) is 0 Å². The molecule has 23 heavy (non-hydrogen) atoms. The molecule has 1 unspecified atom stereocenters. The van der Waals surface area contributed by atoms with Gasteiger partial charge >= 0.3 is 6.36 Å². The maximum absolute atomic E-state index is 12.2. The molecule has 2 aromatic rings. The number of hydrogen-bond donors (Lipinski definition) is 1. The van der Waals surface area contributed by atoms with Crippen molar-refractivity contribution in [1.82, 2.24) is 14.9 Å². The molecule has 122 valence electrons. The minimum absolute atomic E-state index is 0.0327. The van der Waals surface area contributed by atoms with Gasteiger partial charge in [0.25, 0.3) is 0 Å². The summed E-state index contributed by atoms with van der Waals surface area (Å²) in [4.78, 5) is 15.5. The molecule has 0 aliphatic carbocycles. The van der Waals surface area contributed by atoms with Crippen molar-refractivity contribution in [3.05, 3.63) is 36.7 Å². The van der Waals surface area contributed by atoms with Crippen molar-refractivity contribution in [3.63, 3.8) is 0 Å². The van der Waals surface area contributed by atoms with Gasteiger partial charge in [0.1, 0.15) is 11.6 Å². The molecule has 1 fully saturated rings. The number of alkyl halides is 3. The molecule has 1 aromatic carbocycles. The number of hydrogen-bond acceptors (Lipinski definition) is 3. The average Bonchev–Trinajstić information content (AvgIpc) is 3.08. The molecule has 0 saturated carbocycles. The van der Waals surface area contributed by atoms with Crippen LogP contribution in [0, 0.1) is 0 Å². The van der Waals surface area contributed by atoms with Gasteiger partial charge in [-0.2, -0.15) is 0 Å². The smallest absolute Gasteiger partial charge is 0.406 e. The minimum atomic E-state index is -4.71. The molecule has 1 amide bonds. The Bertz CT molecular complexity index is 695. The quantitative estimate of drug-likeness (QED) is 0.940. The number of nitrogens with zero attached hydrogens (tertiary/aromatic N) is 2. The first-order valence-corrected chi connectivity index (χ1v) is 7.07. The standard InChI is InChI=1S/C15H14F3N3O2/c16-15(17,18)23-12-4-1-10(2-5-12)14-19-7-8-21(14)9-11-3-6-13(22)20-11/h1-2,4-5,7-8,11H,3,6,9H2,(H,20,22). The molecule has 3 rings (SSSR count). The van der Waals surface area contributed by atoms with E-state index in [0.29, 0.717) is 24.4 Å². The molecule has 0 spiro atoms. The summed E-state index contributed by atoms with van der Waals surface area (Å²) in [6.07, 6.45) is -0.0418. The second kappa shape index (κ2) is 5.94. The van der Waals surface area contributed by atoms with Gasteiger partial charge in [-0.15, -0.1) is 13.2 Å². The van der Waals surface area contributed by atoms with Gasteiger partial charge in [0.05, 0.1) is 0 Å². The van der Waals surface area contributed by atoms with Gasteiger partial charge in [0.2, 0.25) is 5.91 Å². The number of amides is 1. The summed E-state index contributed by atoms with van der Waals surface area (Å²) >= 11 is 0. The first-order chi connectivity index (χ1) is 10.9. The molecule has 2 heterocycles. The van der Waals surface area contributed by atoms with E-state index in [1.807, 2.05) is 4.57 Å². The van der Waals surface area contributed by atoms with Gasteiger partial charge in [-0.1, -0.05) is 0 Å². The van der Waals surface area contributed by atoms with Crippen molar-refractivity contribution in [1.29, 1.82) is 0 Å². The fraction of sp³-hybridized carbons (Fsp3) is 0.333. The van der Waals surface area contributed by atoms with Crippen molar-refractivity contribution in [3.8, 4) is 17.1 Å². The number of nitrogens with one attached hydrogen (secondary N) is 1. The fourth-order valence-electron chi connectivity index (χ4n) is 2.57. The second-order valence-corrected chi connectivity index (χ2v) is 5.28. The number of benzene rings is 1. The van der Waals surface area contributed by atoms with Crippen LogP contribution in [0.2, 0.25) is 0 Å². The van der Waals surface area contributed by atoms with E-state index in [-0.39, 0.29) is 17.7 Å². The topological polar surface area (TPSA) is 56.2 Å². The number of aromatic nitrogens is 2. The summed E-state index contributed by atoms with van der Waals surface area (Å²) in [5.74, 6) is 0.387. The Morgan fingerprint density at radius 2 is 2.04 bits per heavy atom. The highest BCUT2D eigenvalue weighted by Crippen LogP contribution is 2.26. The van der Waals surface area contributed by atoms with Crippen LogP contribution < -0.4 is 10.1 Å². The summed E-state index contributed by atoms with van der Waals surface area (Å²) < 4.78 is 42.2. The van der Waals surface area contributed by atoms with Crippen molar-refractivity contribution in [2.75, 3.05) is 0 Å². The highest BCUT2D eigenvalue weighted by atomic mass is 19.4. The Kier molecular flexibility index (Phi) is 3.97. The largest absolute Gasteiger partial charge is 0.573 e. The predicted molar refractivity (Wildman–Crippen MR) is 75.5 cm³/mol. The lowest BCUT2D eigenvalue weighted by Gasteiger charge is -2.14. The molecule has 5 nitrogen and oxygen atoms in total. The number of rotatable bonds is 4. The van der Waals surface area contributed by atoms with Gasteiger partial charge in [0, 0.05) is 37.0 Å². The Morgan fingerprint density at radius 1 is 1.30 bits per heavy atom. The number of carbonyl (C=O) groups excluding carboxylic acids is 1. The van der Waals surface area contributed by atoms with Crippen LogP contribution in [0.1, 0.15) is 12.8 Å². The van der Waals surface area contributed by atoms with E-state index in [2.05, 4.69) is 15.0 Å². The van der Waals surface area contributed by atoms with Crippen LogP contribution in [-0.4, -0.2) is 27.9 Å². The predicted octanol–water partition coefficient (Wildman–Crippen LogP) is 2.73. The zero-order valence-corrected chi connectivity index (χ0v) is 12.0. The van der Waals surface area contributed by atoms with Crippen molar-refractivity contribution < 1.29 is 22.7 Å². The third-order valence-electron chi connectivity index (χ3n) is 3.56. The summed E-state index contributed by atoms with van der Waals surface area (Å²) in [5, 5.41) is 2.87. The first-order valence-electron chi connectivity index (χ1n) is 7.07. The van der Waals surface area contributed by atoms with E-state index in [4.69, 9.17) is 0 Å². The lowest BCUT2D eigenvalue weighted by molar-refractivity contribution is -0.274. The van der Waals surface area contributed by atoms with Gasteiger partial charge in [0.15, 0.2) is 0 Å². The monoisotopic (exact) mass is 325 g/mol. The van der Waals surface area contributed by atoms with Crippen LogP contribution in [0.25, 0.3) is 11.4 Å². The van der Waals surface area contributed by atoms with E-state index >= 15 is 0 Å². The van der Waals surface area contributed by atoms with E-state index in [0.717, 1.165) is 6.42 Å². The number of ether oxygens (including phenoxy) is 1. The average molecular weight is 325 g/mol. The SMILES string of the molecule is O=C1CCC(Cn2ccnc2-c2ccc(OC(F)(F)F)cc2)N1. The highest BCUT2D eigenvalue weighted by Gasteiger charge is 2.31. The molecule has 0 bridgehead atoms. The lowest BCUT2D eigenvalue weighted by Crippen LogP contribution is -2.29. The fourth-order valence-corrected chi connectivity index (χ4v) is 2.57. The maximum Gasteiger partial charge on any atom is 0.573 e. The van der Waals surface area contributed by atoms with Crippen molar-refractivity contribution in [2.45, 2.75) is 31.8 Å². The molecular weight excluding hydrogens is 311 g/mol. The Hall–Kier alpha value is -2.51. The molecule has 1 aliphatic heterocycles. The summed E-state index contributed by atoms with van der Waals surface area (Å²) in [6, 6.07) is 5.59. The molecule has 1 saturated heterocycles. The minimum Gasteiger partial charge on any atom is -0.406 e. The van der Waals surface area contributed by atoms with Gasteiger partial charge < -0.3 is 14.6 Å². The van der Waals surface area contributed by atoms with Crippen LogP contribution in [0.5, 0.6) is 5.75 Å². The molecule has 0 radical (unpaired) electrons. The molecule has 1 aromatic heterocycles. The van der Waals surface area contributed by atoms with Gasteiger partial charge in [-0.25, -0.2) is 4.98 Å². The zero-order valence-electron chi connectivity index (χ0n) is 12.0. The van der Waals surface area contributed by atoms with Crippen molar-refractivity contribution in [2.24, 2.45) is 0 Å². The Balaban J connectivity index is 1.74. The van der Waals surface area contributed by atoms with E-state index < -0.39 is 6.36 Å². The third kappa shape index (κ3) is 3.82. The first kappa shape index (κ1) is 15.4. The molecule has 1 aliphatic rings. The third-order valence-corrected chi connectivity index (χ3v) is 3.56. The lowest BCUT2D eigenvalue weighted by atomic mass is 10.2. The number of carbonyl (C=O) groups is 1. The molecule has 1 N–H and O–H groups in total. The van der Waals surface area contributed by atoms with Gasteiger partial charge in [-0.05, 0) is 30.7 Å². The Labute approximate surface area is 130 Å². The van der Waals surface area contributed by atoms with Crippen LogP contribution >= 0.6 is 0 Å². The normalized spacial score (nSPS) is 18.0. The van der Waals surface area contributed by atoms with Crippen LogP contribution in [0.4, 0.5) is 13.2 Å². The molecular formula is C15H14F3N3O2. The van der Waals surface area contributed by atoms with Crippen molar-refractivity contribution >= 4 is 5.91 Å². The van der Waals surface area contributed by atoms with E-state index in [1.165, 1.54) is 24.3 Å². The summed E-state index contributed by atoms with van der Waals surface area (Å²) in [7, 11) is 0. The van der Waals surface area contributed by atoms with Crippen LogP contribution in [0.15, 0.2) is 36.7 Å². The Morgan fingerprint density at radius 3 is 2.65 bits per heavy atom. The molecule has 8 heteroatoms. The number of halogens is 3. The summed E-state index contributed by atoms with van der Waals surface area (Å²) in [5.41, 5.74) is 0.675. The maximum atomic E-state index is 12.2. The van der Waals surface area contributed by atoms with E-state index in [9.17, 15) is 18.0 Å². The zero-order chi connectivity index (χ0) is 16.4. The molecule has 1 atom stereocenters. The van der Waals surface area contributed by atoms with E-state index in [1.54, 1.807) is 12.4 Å².